The predicted molar refractivity (Wildman–Crippen MR) is 97.7 cm³/mol. The number of carbonyl (C=O) groups is 2. The second kappa shape index (κ2) is 7.87. The number of hydrogen-bond acceptors (Lipinski definition) is 2. The molecule has 1 aliphatic carbocycles. The largest absolute Gasteiger partial charge is 0.481 e. The van der Waals surface area contributed by atoms with E-state index in [0.29, 0.717) is 36.3 Å². The molecule has 0 atom stereocenters. The average molecular weight is 376 g/mol. The first kappa shape index (κ1) is 18.4. The van der Waals surface area contributed by atoms with Gasteiger partial charge in [-0.1, -0.05) is 29.8 Å². The van der Waals surface area contributed by atoms with Crippen LogP contribution in [0, 0.1) is 11.7 Å². The highest BCUT2D eigenvalue weighted by Crippen LogP contribution is 2.26. The van der Waals surface area contributed by atoms with Crippen molar-refractivity contribution in [2.75, 3.05) is 0 Å². The van der Waals surface area contributed by atoms with Crippen LogP contribution in [-0.2, 0) is 4.79 Å². The van der Waals surface area contributed by atoms with Crippen LogP contribution in [0.25, 0.3) is 11.1 Å². The van der Waals surface area contributed by atoms with Crippen LogP contribution in [-0.4, -0.2) is 23.0 Å². The third kappa shape index (κ3) is 4.22. The summed E-state index contributed by atoms with van der Waals surface area (Å²) in [6, 6.07) is 11.4. The molecule has 1 saturated carbocycles. The summed E-state index contributed by atoms with van der Waals surface area (Å²) in [6.45, 7) is 0. The minimum absolute atomic E-state index is 0.0110. The van der Waals surface area contributed by atoms with Crippen molar-refractivity contribution in [3.05, 3.63) is 58.9 Å². The molecule has 0 aliphatic heterocycles. The fraction of sp³-hybridized carbons (Fsp3) is 0.300. The molecule has 0 spiro atoms. The standard InChI is InChI=1S/C20H19ClFNO3/c21-15-6-1-12(2-7-15)14-5-10-17(18(22)11-14)19(24)23-16-8-3-13(4-9-16)20(25)26/h1-2,5-7,10-11,13,16H,3-4,8-9H2,(H,23,24)(H,25,26). The number of benzene rings is 2. The van der Waals surface area contributed by atoms with Crippen LogP contribution in [0.2, 0.25) is 5.02 Å². The lowest BCUT2D eigenvalue weighted by Gasteiger charge is -2.26. The number of amides is 1. The topological polar surface area (TPSA) is 66.4 Å². The van der Waals surface area contributed by atoms with Crippen LogP contribution in [0.1, 0.15) is 36.0 Å². The number of carboxylic acid groups (broad SMARTS) is 1. The van der Waals surface area contributed by atoms with E-state index in [9.17, 15) is 14.0 Å². The Balaban J connectivity index is 1.67. The molecular weight excluding hydrogens is 357 g/mol. The van der Waals surface area contributed by atoms with Crippen LogP contribution in [0.4, 0.5) is 4.39 Å². The van der Waals surface area contributed by atoms with Crippen molar-refractivity contribution in [1.82, 2.24) is 5.32 Å². The Morgan fingerprint density at radius 1 is 1.00 bits per heavy atom. The van der Waals surface area contributed by atoms with E-state index in [1.165, 1.54) is 12.1 Å². The van der Waals surface area contributed by atoms with Crippen molar-refractivity contribution >= 4 is 23.5 Å². The van der Waals surface area contributed by atoms with E-state index in [-0.39, 0.29) is 17.5 Å². The van der Waals surface area contributed by atoms with Crippen LogP contribution in [0.15, 0.2) is 42.5 Å². The summed E-state index contributed by atoms with van der Waals surface area (Å²) in [5, 5.41) is 12.4. The molecule has 0 heterocycles. The summed E-state index contributed by atoms with van der Waals surface area (Å²) in [4.78, 5) is 23.3. The molecular formula is C20H19ClFNO3. The van der Waals surface area contributed by atoms with Gasteiger partial charge in [0.05, 0.1) is 11.5 Å². The maximum atomic E-state index is 14.4. The molecule has 0 bridgehead atoms. The smallest absolute Gasteiger partial charge is 0.306 e. The fourth-order valence-electron chi connectivity index (χ4n) is 3.27. The van der Waals surface area contributed by atoms with Crippen LogP contribution in [0.5, 0.6) is 0 Å². The van der Waals surface area contributed by atoms with Gasteiger partial charge >= 0.3 is 5.97 Å². The zero-order valence-corrected chi connectivity index (χ0v) is 14.8. The van der Waals surface area contributed by atoms with Gasteiger partial charge in [0, 0.05) is 11.1 Å². The van der Waals surface area contributed by atoms with Gasteiger partial charge in [-0.2, -0.15) is 0 Å². The van der Waals surface area contributed by atoms with Gasteiger partial charge in [-0.15, -0.1) is 0 Å². The molecule has 2 aromatic rings. The normalized spacial score (nSPS) is 19.8. The monoisotopic (exact) mass is 375 g/mol. The molecule has 2 N–H and O–H groups in total. The van der Waals surface area contributed by atoms with Crippen LogP contribution >= 0.6 is 11.6 Å². The third-order valence-corrected chi connectivity index (χ3v) is 5.05. The molecule has 26 heavy (non-hydrogen) atoms. The second-order valence-corrected chi connectivity index (χ2v) is 7.00. The Morgan fingerprint density at radius 2 is 1.62 bits per heavy atom. The first-order valence-electron chi connectivity index (χ1n) is 8.53. The molecule has 1 fully saturated rings. The Bertz CT molecular complexity index is 814. The lowest BCUT2D eigenvalue weighted by Crippen LogP contribution is -2.39. The average Bonchev–Trinajstić information content (AvgIpc) is 2.62. The zero-order chi connectivity index (χ0) is 18.7. The van der Waals surface area contributed by atoms with E-state index in [0.717, 1.165) is 5.56 Å². The molecule has 0 radical (unpaired) electrons. The zero-order valence-electron chi connectivity index (χ0n) is 14.0. The highest BCUT2D eigenvalue weighted by molar-refractivity contribution is 6.30. The maximum absolute atomic E-state index is 14.4. The number of carboxylic acids is 1. The molecule has 1 aliphatic rings. The maximum Gasteiger partial charge on any atom is 0.306 e. The lowest BCUT2D eigenvalue weighted by atomic mass is 9.86. The minimum atomic E-state index is -0.793. The Hall–Kier alpha value is -2.40. The molecule has 1 amide bonds. The highest BCUT2D eigenvalue weighted by Gasteiger charge is 2.27. The van der Waals surface area contributed by atoms with Gasteiger partial charge in [-0.3, -0.25) is 9.59 Å². The first-order chi connectivity index (χ1) is 12.4. The van der Waals surface area contributed by atoms with Gasteiger partial charge in [0.1, 0.15) is 5.82 Å². The Morgan fingerprint density at radius 3 is 2.19 bits per heavy atom. The molecule has 0 aromatic heterocycles. The van der Waals surface area contributed by atoms with Crippen molar-refractivity contribution < 1.29 is 19.1 Å². The van der Waals surface area contributed by atoms with Gasteiger partial charge < -0.3 is 10.4 Å². The highest BCUT2D eigenvalue weighted by atomic mass is 35.5. The van der Waals surface area contributed by atoms with E-state index in [1.807, 2.05) is 0 Å². The number of halogens is 2. The Kier molecular flexibility index (Phi) is 5.57. The SMILES string of the molecule is O=C(NC1CCC(C(=O)O)CC1)c1ccc(-c2ccc(Cl)cc2)cc1F. The second-order valence-electron chi connectivity index (χ2n) is 6.56. The number of nitrogens with one attached hydrogen (secondary N) is 1. The summed E-state index contributed by atoms with van der Waals surface area (Å²) >= 11 is 5.86. The van der Waals surface area contributed by atoms with Crippen molar-refractivity contribution in [3.8, 4) is 11.1 Å². The third-order valence-electron chi connectivity index (χ3n) is 4.80. The van der Waals surface area contributed by atoms with Gasteiger partial charge in [0.25, 0.3) is 5.91 Å². The number of carbonyl (C=O) groups excluding carboxylic acids is 1. The van der Waals surface area contributed by atoms with E-state index in [1.54, 1.807) is 30.3 Å². The van der Waals surface area contributed by atoms with Crippen molar-refractivity contribution in [3.63, 3.8) is 0 Å². The quantitative estimate of drug-likeness (QED) is 0.825. The lowest BCUT2D eigenvalue weighted by molar-refractivity contribution is -0.142. The van der Waals surface area contributed by atoms with E-state index in [2.05, 4.69) is 5.32 Å². The van der Waals surface area contributed by atoms with Crippen LogP contribution < -0.4 is 5.32 Å². The fourth-order valence-corrected chi connectivity index (χ4v) is 3.39. The van der Waals surface area contributed by atoms with Crippen molar-refractivity contribution in [2.24, 2.45) is 5.92 Å². The van der Waals surface area contributed by atoms with Gasteiger partial charge in [-0.05, 0) is 61.1 Å². The van der Waals surface area contributed by atoms with Crippen molar-refractivity contribution in [2.45, 2.75) is 31.7 Å². The van der Waals surface area contributed by atoms with Crippen molar-refractivity contribution in [1.29, 1.82) is 0 Å². The Labute approximate surface area is 156 Å². The summed E-state index contributed by atoms with van der Waals surface area (Å²) in [5.41, 5.74) is 1.47. The molecule has 2 aromatic carbocycles. The van der Waals surface area contributed by atoms with E-state index < -0.39 is 17.7 Å². The molecule has 0 saturated heterocycles. The molecule has 136 valence electrons. The summed E-state index contributed by atoms with van der Waals surface area (Å²) in [5.74, 6) is -2.20. The number of aliphatic carboxylic acids is 1. The van der Waals surface area contributed by atoms with Gasteiger partial charge in [-0.25, -0.2) is 4.39 Å². The molecule has 4 nitrogen and oxygen atoms in total. The summed E-state index contributed by atoms with van der Waals surface area (Å²) in [6.07, 6.45) is 2.23. The molecule has 3 rings (SSSR count). The molecule has 6 heteroatoms. The van der Waals surface area contributed by atoms with Gasteiger partial charge in [0.15, 0.2) is 0 Å². The number of rotatable bonds is 4. The number of hydrogen-bond donors (Lipinski definition) is 2. The van der Waals surface area contributed by atoms with E-state index >= 15 is 0 Å². The molecule has 0 unspecified atom stereocenters. The summed E-state index contributed by atoms with van der Waals surface area (Å²) in [7, 11) is 0. The van der Waals surface area contributed by atoms with Crippen LogP contribution in [0.3, 0.4) is 0 Å². The predicted octanol–water partition coefficient (Wildman–Crippen LogP) is 4.52. The van der Waals surface area contributed by atoms with Gasteiger partial charge in [0.2, 0.25) is 0 Å². The summed E-state index contributed by atoms with van der Waals surface area (Å²) < 4.78 is 14.4. The first-order valence-corrected chi connectivity index (χ1v) is 8.91. The minimum Gasteiger partial charge on any atom is -0.481 e. The van der Waals surface area contributed by atoms with E-state index in [4.69, 9.17) is 16.7 Å².